The number of carbonyl (C=O) groups is 1. The van der Waals surface area contributed by atoms with Crippen molar-refractivity contribution >= 4 is 55.6 Å². The fraction of sp³-hybridized carbons (Fsp3) is 0.333. The van der Waals surface area contributed by atoms with Crippen LogP contribution in [0.5, 0.6) is 0 Å². The lowest BCUT2D eigenvalue weighted by molar-refractivity contribution is -0.113. The molecule has 1 amide bonds. The number of hydrogen-bond acceptors (Lipinski definition) is 7. The third-order valence-electron chi connectivity index (χ3n) is 3.47. The number of nitrogens with one attached hydrogen (secondary N) is 1. The molecule has 0 bridgehead atoms. The maximum Gasteiger partial charge on any atom is 0.235 e. The van der Waals surface area contributed by atoms with Gasteiger partial charge in [0.15, 0.2) is 10.2 Å². The molecule has 3 rings (SSSR count). The van der Waals surface area contributed by atoms with Gasteiger partial charge < -0.3 is 11.1 Å². The number of nitrogens with zero attached hydrogens (tertiary/aromatic N) is 4. The minimum Gasteiger partial charge on any atom is -0.325 e. The molecule has 3 N–H and O–H groups in total. The van der Waals surface area contributed by atoms with Gasteiger partial charge in [-0.1, -0.05) is 52.9 Å². The quantitative estimate of drug-likeness (QED) is 0.570. The normalized spacial score (nSPS) is 12.7. The van der Waals surface area contributed by atoms with Gasteiger partial charge in [-0.15, -0.1) is 15.3 Å². The van der Waals surface area contributed by atoms with Crippen LogP contribution in [0.15, 0.2) is 33.1 Å². The molecule has 7 nitrogen and oxygen atoms in total. The van der Waals surface area contributed by atoms with E-state index in [1.807, 2.05) is 38.1 Å². The summed E-state index contributed by atoms with van der Waals surface area (Å²) in [5.41, 5.74) is 6.90. The summed E-state index contributed by atoms with van der Waals surface area (Å²) in [5.74, 6) is 1.07. The number of halogens is 1. The van der Waals surface area contributed by atoms with E-state index in [0.29, 0.717) is 10.8 Å². The number of nitrogens with two attached hydrogens (primary N) is 1. The predicted octanol–water partition coefficient (Wildman–Crippen LogP) is 3.33. The molecule has 1 atom stereocenters. The first-order valence-electron chi connectivity index (χ1n) is 7.60. The molecule has 10 heteroatoms. The number of carbonyl (C=O) groups excluding carboxylic acids is 1. The zero-order valence-electron chi connectivity index (χ0n) is 13.6. The van der Waals surface area contributed by atoms with Crippen LogP contribution in [0.4, 0.5) is 5.69 Å². The number of amides is 1. The Hall–Kier alpha value is -1.49. The van der Waals surface area contributed by atoms with Gasteiger partial charge in [-0.05, 0) is 30.2 Å². The molecule has 0 aliphatic rings. The molecular formula is C15H17BrN6OS2. The topological polar surface area (TPSA) is 98.2 Å². The van der Waals surface area contributed by atoms with E-state index in [2.05, 4.69) is 36.5 Å². The number of hydrogen-bond donors (Lipinski definition) is 2. The monoisotopic (exact) mass is 440 g/mol. The molecule has 1 aromatic carbocycles. The van der Waals surface area contributed by atoms with Crippen LogP contribution in [-0.4, -0.2) is 31.5 Å². The number of thioether (sulfide) groups is 1. The summed E-state index contributed by atoms with van der Waals surface area (Å²) in [5, 5.41) is 15.6. The van der Waals surface area contributed by atoms with Crippen LogP contribution < -0.4 is 11.1 Å². The van der Waals surface area contributed by atoms with E-state index in [1.54, 1.807) is 4.52 Å². The molecule has 132 valence electrons. The molecule has 2 heterocycles. The second-order valence-electron chi connectivity index (χ2n) is 5.73. The number of benzene rings is 1. The van der Waals surface area contributed by atoms with Gasteiger partial charge in [0.1, 0.15) is 0 Å². The minimum absolute atomic E-state index is 0.0857. The highest BCUT2D eigenvalue weighted by atomic mass is 79.9. The van der Waals surface area contributed by atoms with E-state index in [0.717, 1.165) is 14.5 Å². The van der Waals surface area contributed by atoms with Crippen LogP contribution in [0.2, 0.25) is 0 Å². The number of aromatic nitrogens is 4. The van der Waals surface area contributed by atoms with E-state index < -0.39 is 0 Å². The zero-order valence-corrected chi connectivity index (χ0v) is 16.9. The highest BCUT2D eigenvalue weighted by Gasteiger charge is 2.20. The zero-order chi connectivity index (χ0) is 18.0. The van der Waals surface area contributed by atoms with Crippen LogP contribution in [0.3, 0.4) is 0 Å². The van der Waals surface area contributed by atoms with Crippen LogP contribution in [-0.2, 0) is 4.79 Å². The lowest BCUT2D eigenvalue weighted by Gasteiger charge is -2.11. The fourth-order valence-electron chi connectivity index (χ4n) is 2.04. The van der Waals surface area contributed by atoms with E-state index >= 15 is 0 Å². The Morgan fingerprint density at radius 1 is 1.36 bits per heavy atom. The van der Waals surface area contributed by atoms with Crippen LogP contribution in [0.1, 0.15) is 25.7 Å². The Labute approximate surface area is 161 Å². The summed E-state index contributed by atoms with van der Waals surface area (Å²) in [7, 11) is 0. The predicted molar refractivity (Wildman–Crippen MR) is 104 cm³/mol. The van der Waals surface area contributed by atoms with Crippen molar-refractivity contribution in [3.8, 4) is 0 Å². The molecule has 0 aliphatic carbocycles. The van der Waals surface area contributed by atoms with Crippen molar-refractivity contribution in [1.29, 1.82) is 0 Å². The van der Waals surface area contributed by atoms with Crippen molar-refractivity contribution in [1.82, 2.24) is 19.8 Å². The molecule has 0 saturated heterocycles. The molecule has 3 aromatic rings. The van der Waals surface area contributed by atoms with Crippen molar-refractivity contribution in [2.45, 2.75) is 24.2 Å². The van der Waals surface area contributed by atoms with Crippen LogP contribution >= 0.6 is 39.0 Å². The molecule has 0 unspecified atom stereocenters. The number of fused-ring (bicyclic) bond motifs is 1. The Morgan fingerprint density at radius 2 is 2.08 bits per heavy atom. The minimum atomic E-state index is -0.226. The second kappa shape index (κ2) is 7.81. The SMILES string of the molecule is CC(C)[C@H](N)c1nnc2sc(SCC(=O)Nc3ccc(Br)cc3)nn12. The summed E-state index contributed by atoms with van der Waals surface area (Å²) >= 11 is 6.13. The van der Waals surface area contributed by atoms with Crippen LogP contribution in [0.25, 0.3) is 4.96 Å². The third-order valence-corrected chi connectivity index (χ3v) is 6.03. The van der Waals surface area contributed by atoms with E-state index in [4.69, 9.17) is 5.73 Å². The highest BCUT2D eigenvalue weighted by Crippen LogP contribution is 2.27. The van der Waals surface area contributed by atoms with Crippen LogP contribution in [0, 0.1) is 5.92 Å². The Balaban J connectivity index is 1.63. The summed E-state index contributed by atoms with van der Waals surface area (Å²) in [6.07, 6.45) is 0. The molecule has 2 aromatic heterocycles. The van der Waals surface area contributed by atoms with Gasteiger partial charge in [-0.2, -0.15) is 4.52 Å². The molecule has 0 aliphatic heterocycles. The average Bonchev–Trinajstić information content (AvgIpc) is 3.14. The molecule has 0 spiro atoms. The van der Waals surface area contributed by atoms with Crippen molar-refractivity contribution in [2.75, 3.05) is 11.1 Å². The van der Waals surface area contributed by atoms with Gasteiger partial charge >= 0.3 is 0 Å². The van der Waals surface area contributed by atoms with Gasteiger partial charge in [0.25, 0.3) is 0 Å². The highest BCUT2D eigenvalue weighted by molar-refractivity contribution is 9.10. The molecule has 0 saturated carbocycles. The summed E-state index contributed by atoms with van der Waals surface area (Å²) < 4.78 is 3.40. The fourth-order valence-corrected chi connectivity index (χ4v) is 3.98. The number of anilines is 1. The first-order chi connectivity index (χ1) is 11.9. The molecule has 0 fully saturated rings. The van der Waals surface area contributed by atoms with Crippen molar-refractivity contribution in [2.24, 2.45) is 11.7 Å². The second-order valence-corrected chi connectivity index (χ2v) is 8.83. The van der Waals surface area contributed by atoms with Gasteiger partial charge in [0.05, 0.1) is 11.8 Å². The lowest BCUT2D eigenvalue weighted by atomic mass is 10.1. The van der Waals surface area contributed by atoms with E-state index in [-0.39, 0.29) is 23.6 Å². The summed E-state index contributed by atoms with van der Waals surface area (Å²) in [4.78, 5) is 12.7. The summed E-state index contributed by atoms with van der Waals surface area (Å²) in [6, 6.07) is 7.22. The van der Waals surface area contributed by atoms with Gasteiger partial charge in [0, 0.05) is 10.2 Å². The average molecular weight is 441 g/mol. The van der Waals surface area contributed by atoms with Crippen molar-refractivity contribution < 1.29 is 4.79 Å². The van der Waals surface area contributed by atoms with Gasteiger partial charge in [0.2, 0.25) is 10.9 Å². The standard InChI is InChI=1S/C15H17BrN6OS2/c1-8(2)12(17)13-19-20-14-22(13)21-15(25-14)24-7-11(23)18-10-5-3-9(16)4-6-10/h3-6,8,12H,7,17H2,1-2H3,(H,18,23)/t12-/m0/s1. The van der Waals surface area contributed by atoms with E-state index in [1.165, 1.54) is 23.1 Å². The molecule has 25 heavy (non-hydrogen) atoms. The molecular weight excluding hydrogens is 424 g/mol. The van der Waals surface area contributed by atoms with Gasteiger partial charge in [-0.3, -0.25) is 4.79 Å². The maximum atomic E-state index is 12.1. The maximum absolute atomic E-state index is 12.1. The third kappa shape index (κ3) is 4.38. The largest absolute Gasteiger partial charge is 0.325 e. The Kier molecular flexibility index (Phi) is 5.72. The first kappa shape index (κ1) is 18.3. The van der Waals surface area contributed by atoms with Crippen molar-refractivity contribution in [3.63, 3.8) is 0 Å². The molecule has 0 radical (unpaired) electrons. The van der Waals surface area contributed by atoms with E-state index in [9.17, 15) is 4.79 Å². The summed E-state index contributed by atoms with van der Waals surface area (Å²) in [6.45, 7) is 4.06. The Bertz CT molecular complexity index is 876. The first-order valence-corrected chi connectivity index (χ1v) is 10.2. The Morgan fingerprint density at radius 3 is 2.76 bits per heavy atom. The lowest BCUT2D eigenvalue weighted by Crippen LogP contribution is -2.20. The van der Waals surface area contributed by atoms with Crippen molar-refractivity contribution in [3.05, 3.63) is 34.6 Å². The smallest absolute Gasteiger partial charge is 0.235 e. The number of rotatable bonds is 6. The van der Waals surface area contributed by atoms with Gasteiger partial charge in [-0.25, -0.2) is 0 Å².